The van der Waals surface area contributed by atoms with Crippen LogP contribution in [0.2, 0.25) is 0 Å². The normalized spacial score (nSPS) is 17.0. The van der Waals surface area contributed by atoms with Crippen molar-refractivity contribution in [1.29, 1.82) is 0 Å². The molecule has 1 aliphatic heterocycles. The number of guanidine groups is 1. The van der Waals surface area contributed by atoms with Gasteiger partial charge in [-0.15, -0.1) is 0 Å². The molecule has 1 aliphatic rings. The fourth-order valence-electron chi connectivity index (χ4n) is 3.50. The van der Waals surface area contributed by atoms with E-state index < -0.39 is 0 Å². The Hall–Kier alpha value is -2.60. The Morgan fingerprint density at radius 1 is 1.14 bits per heavy atom. The highest BCUT2D eigenvalue weighted by Crippen LogP contribution is 2.17. The molecule has 156 valence electrons. The van der Waals surface area contributed by atoms with E-state index in [-0.39, 0.29) is 17.7 Å². The first-order valence-electron chi connectivity index (χ1n) is 10.3. The van der Waals surface area contributed by atoms with E-state index in [9.17, 15) is 4.39 Å². The third-order valence-electron chi connectivity index (χ3n) is 5.12. The lowest BCUT2D eigenvalue weighted by Gasteiger charge is -2.33. The molecular formula is C23H31FN4O. The van der Waals surface area contributed by atoms with Gasteiger partial charge in [0.05, 0.1) is 6.54 Å². The number of para-hydroxylation sites is 1. The van der Waals surface area contributed by atoms with Crippen LogP contribution in [-0.4, -0.2) is 49.7 Å². The van der Waals surface area contributed by atoms with Crippen LogP contribution in [0.4, 0.5) is 4.39 Å². The van der Waals surface area contributed by atoms with Crippen LogP contribution in [0.1, 0.15) is 25.3 Å². The summed E-state index contributed by atoms with van der Waals surface area (Å²) in [5, 5.41) is 6.79. The number of aliphatic imine (C=N–C) groups is 1. The SMILES string of the molecule is CN=C(NCC(C)Oc1ccccc1F)NC1CCN(Cc2ccccc2)CC1. The molecule has 29 heavy (non-hydrogen) atoms. The summed E-state index contributed by atoms with van der Waals surface area (Å²) in [6, 6.07) is 17.5. The van der Waals surface area contributed by atoms with Crippen molar-refractivity contribution in [3.8, 4) is 5.75 Å². The zero-order chi connectivity index (χ0) is 20.5. The van der Waals surface area contributed by atoms with Crippen LogP contribution in [0.3, 0.4) is 0 Å². The number of hydrogen-bond donors (Lipinski definition) is 2. The number of halogens is 1. The summed E-state index contributed by atoms with van der Waals surface area (Å²) >= 11 is 0. The zero-order valence-electron chi connectivity index (χ0n) is 17.3. The van der Waals surface area contributed by atoms with Gasteiger partial charge in [-0.2, -0.15) is 0 Å². The smallest absolute Gasteiger partial charge is 0.191 e. The van der Waals surface area contributed by atoms with Gasteiger partial charge in [0.25, 0.3) is 0 Å². The van der Waals surface area contributed by atoms with Crippen LogP contribution in [0.15, 0.2) is 59.6 Å². The quantitative estimate of drug-likeness (QED) is 0.554. The van der Waals surface area contributed by atoms with Crippen LogP contribution < -0.4 is 15.4 Å². The maximum absolute atomic E-state index is 13.7. The number of nitrogens with zero attached hydrogens (tertiary/aromatic N) is 2. The molecule has 1 unspecified atom stereocenters. The van der Waals surface area contributed by atoms with Crippen LogP contribution in [-0.2, 0) is 6.54 Å². The highest BCUT2D eigenvalue weighted by Gasteiger charge is 2.20. The van der Waals surface area contributed by atoms with Gasteiger partial charge >= 0.3 is 0 Å². The number of ether oxygens (including phenoxy) is 1. The van der Waals surface area contributed by atoms with Crippen LogP contribution in [0, 0.1) is 5.82 Å². The summed E-state index contributed by atoms with van der Waals surface area (Å²) in [4.78, 5) is 6.81. The van der Waals surface area contributed by atoms with Crippen molar-refractivity contribution >= 4 is 5.96 Å². The van der Waals surface area contributed by atoms with Gasteiger partial charge in [-0.3, -0.25) is 9.89 Å². The Morgan fingerprint density at radius 2 is 1.83 bits per heavy atom. The van der Waals surface area contributed by atoms with Crippen LogP contribution in [0.5, 0.6) is 5.75 Å². The molecule has 5 nitrogen and oxygen atoms in total. The molecule has 0 bridgehead atoms. The Kier molecular flexibility index (Phi) is 7.87. The average Bonchev–Trinajstić information content (AvgIpc) is 2.75. The highest BCUT2D eigenvalue weighted by atomic mass is 19.1. The van der Waals surface area contributed by atoms with E-state index in [4.69, 9.17) is 4.74 Å². The van der Waals surface area contributed by atoms with Gasteiger partial charge in [-0.25, -0.2) is 4.39 Å². The molecule has 0 aromatic heterocycles. The van der Waals surface area contributed by atoms with Crippen molar-refractivity contribution in [2.75, 3.05) is 26.7 Å². The molecule has 0 radical (unpaired) electrons. The van der Waals surface area contributed by atoms with Crippen molar-refractivity contribution in [2.45, 2.75) is 38.5 Å². The van der Waals surface area contributed by atoms with E-state index in [0.29, 0.717) is 12.6 Å². The number of hydrogen-bond acceptors (Lipinski definition) is 3. The van der Waals surface area contributed by atoms with Gasteiger partial charge < -0.3 is 15.4 Å². The molecule has 0 amide bonds. The number of rotatable bonds is 7. The van der Waals surface area contributed by atoms with Gasteiger partial charge in [-0.05, 0) is 37.5 Å². The molecule has 1 atom stereocenters. The van der Waals surface area contributed by atoms with Crippen molar-refractivity contribution in [2.24, 2.45) is 4.99 Å². The second kappa shape index (κ2) is 10.8. The first kappa shape index (κ1) is 21.1. The summed E-state index contributed by atoms with van der Waals surface area (Å²) in [7, 11) is 1.77. The molecule has 0 saturated carbocycles. The minimum Gasteiger partial charge on any atom is -0.486 e. The largest absolute Gasteiger partial charge is 0.486 e. The van der Waals surface area contributed by atoms with Gasteiger partial charge in [0, 0.05) is 32.7 Å². The number of piperidine rings is 1. The number of likely N-dealkylation sites (tertiary alicyclic amines) is 1. The molecule has 2 N–H and O–H groups in total. The maximum Gasteiger partial charge on any atom is 0.191 e. The summed E-state index contributed by atoms with van der Waals surface area (Å²) in [5.41, 5.74) is 1.36. The minimum absolute atomic E-state index is 0.182. The van der Waals surface area contributed by atoms with Crippen molar-refractivity contribution in [3.05, 3.63) is 66.0 Å². The summed E-state index contributed by atoms with van der Waals surface area (Å²) < 4.78 is 19.4. The van der Waals surface area contributed by atoms with E-state index in [1.54, 1.807) is 25.2 Å². The molecular weight excluding hydrogens is 367 g/mol. The Morgan fingerprint density at radius 3 is 2.52 bits per heavy atom. The van der Waals surface area contributed by atoms with Crippen molar-refractivity contribution < 1.29 is 9.13 Å². The Bertz CT molecular complexity index is 775. The number of benzene rings is 2. The molecule has 1 saturated heterocycles. The molecule has 1 fully saturated rings. The fourth-order valence-corrected chi connectivity index (χ4v) is 3.50. The van der Waals surface area contributed by atoms with E-state index in [2.05, 4.69) is 50.9 Å². The van der Waals surface area contributed by atoms with Crippen LogP contribution >= 0.6 is 0 Å². The van der Waals surface area contributed by atoms with Crippen molar-refractivity contribution in [1.82, 2.24) is 15.5 Å². The molecule has 2 aromatic rings. The average molecular weight is 399 g/mol. The lowest BCUT2D eigenvalue weighted by atomic mass is 10.0. The third-order valence-corrected chi connectivity index (χ3v) is 5.12. The number of nitrogens with one attached hydrogen (secondary N) is 2. The van der Waals surface area contributed by atoms with Gasteiger partial charge in [0.2, 0.25) is 0 Å². The lowest BCUT2D eigenvalue weighted by Crippen LogP contribution is -2.49. The summed E-state index contributed by atoms with van der Waals surface area (Å²) in [6.07, 6.45) is 1.97. The standard InChI is InChI=1S/C23H31FN4O/c1-18(29-22-11-7-6-10-21(22)24)16-26-23(25-2)27-20-12-14-28(15-13-20)17-19-8-4-3-5-9-19/h3-11,18,20H,12-17H2,1-2H3,(H2,25,26,27). The predicted molar refractivity (Wildman–Crippen MR) is 116 cm³/mol. The van der Waals surface area contributed by atoms with Gasteiger partial charge in [0.1, 0.15) is 6.10 Å². The predicted octanol–water partition coefficient (Wildman–Crippen LogP) is 3.42. The van der Waals surface area contributed by atoms with E-state index >= 15 is 0 Å². The van der Waals surface area contributed by atoms with Crippen molar-refractivity contribution in [3.63, 3.8) is 0 Å². The van der Waals surface area contributed by atoms with E-state index in [0.717, 1.165) is 38.4 Å². The lowest BCUT2D eigenvalue weighted by molar-refractivity contribution is 0.197. The minimum atomic E-state index is -0.343. The second-order valence-electron chi connectivity index (χ2n) is 7.49. The molecule has 6 heteroatoms. The van der Waals surface area contributed by atoms with E-state index in [1.165, 1.54) is 11.6 Å². The molecule has 1 heterocycles. The summed E-state index contributed by atoms with van der Waals surface area (Å²) in [6.45, 7) is 5.59. The van der Waals surface area contributed by atoms with E-state index in [1.807, 2.05) is 6.92 Å². The monoisotopic (exact) mass is 398 g/mol. The van der Waals surface area contributed by atoms with Gasteiger partial charge in [-0.1, -0.05) is 42.5 Å². The van der Waals surface area contributed by atoms with Crippen LogP contribution in [0.25, 0.3) is 0 Å². The highest BCUT2D eigenvalue weighted by molar-refractivity contribution is 5.80. The maximum atomic E-state index is 13.7. The van der Waals surface area contributed by atoms with Gasteiger partial charge in [0.15, 0.2) is 17.5 Å². The molecule has 3 rings (SSSR count). The molecule has 2 aromatic carbocycles. The Balaban J connectivity index is 1.38. The summed E-state index contributed by atoms with van der Waals surface area (Å²) in [5.74, 6) is 0.690. The topological polar surface area (TPSA) is 48.9 Å². The third kappa shape index (κ3) is 6.75. The first-order chi connectivity index (χ1) is 14.1. The zero-order valence-corrected chi connectivity index (χ0v) is 17.3. The first-order valence-corrected chi connectivity index (χ1v) is 10.3. The second-order valence-corrected chi connectivity index (χ2v) is 7.49. The fraction of sp³-hybridized carbons (Fsp3) is 0.435. The Labute approximate surface area is 173 Å². The molecule has 0 aliphatic carbocycles. The molecule has 0 spiro atoms.